The molecule has 0 saturated carbocycles. The number of carbonyl (C=O) groups excluding carboxylic acids is 1. The molecule has 0 saturated heterocycles. The monoisotopic (exact) mass is 328 g/mol. The second kappa shape index (κ2) is 6.07. The zero-order valence-electron chi connectivity index (χ0n) is 10.2. The Morgan fingerprint density at radius 3 is 2.62 bits per heavy atom. The van der Waals surface area contributed by atoms with Crippen LogP contribution in [-0.4, -0.2) is 22.0 Å². The summed E-state index contributed by atoms with van der Waals surface area (Å²) in [5, 5.41) is 11.0. The smallest absolute Gasteiger partial charge is 0.356 e. The van der Waals surface area contributed by atoms with Crippen LogP contribution in [0.2, 0.25) is 10.0 Å². The third kappa shape index (κ3) is 3.29. The SMILES string of the molecule is O=C(Nc1cccnc1C(=O)O)c1cc(F)c(Cl)cc1Cl. The fraction of sp³-hybridized carbons (Fsp3) is 0. The lowest BCUT2D eigenvalue weighted by Gasteiger charge is -2.09. The van der Waals surface area contributed by atoms with Crippen LogP contribution in [0, 0.1) is 5.82 Å². The number of carboxylic acid groups (broad SMARTS) is 1. The van der Waals surface area contributed by atoms with E-state index in [2.05, 4.69) is 10.3 Å². The number of carbonyl (C=O) groups is 2. The quantitative estimate of drug-likeness (QED) is 0.845. The molecule has 0 bridgehead atoms. The summed E-state index contributed by atoms with van der Waals surface area (Å²) >= 11 is 11.4. The van der Waals surface area contributed by atoms with Crippen LogP contribution >= 0.6 is 23.2 Å². The molecule has 2 N–H and O–H groups in total. The lowest BCUT2D eigenvalue weighted by atomic mass is 10.2. The molecule has 8 heteroatoms. The van der Waals surface area contributed by atoms with E-state index in [0.717, 1.165) is 12.1 Å². The summed E-state index contributed by atoms with van der Waals surface area (Å²) in [5.74, 6) is -2.89. The Morgan fingerprint density at radius 1 is 1.24 bits per heavy atom. The van der Waals surface area contributed by atoms with E-state index in [1.165, 1.54) is 18.3 Å². The van der Waals surface area contributed by atoms with Gasteiger partial charge in [0.1, 0.15) is 5.82 Å². The molecule has 1 aromatic heterocycles. The Kier molecular flexibility index (Phi) is 4.40. The highest BCUT2D eigenvalue weighted by Gasteiger charge is 2.18. The number of aromatic nitrogens is 1. The van der Waals surface area contributed by atoms with Gasteiger partial charge in [-0.3, -0.25) is 4.79 Å². The van der Waals surface area contributed by atoms with Gasteiger partial charge < -0.3 is 10.4 Å². The normalized spacial score (nSPS) is 10.2. The fourth-order valence-corrected chi connectivity index (χ4v) is 2.03. The zero-order chi connectivity index (χ0) is 15.6. The Morgan fingerprint density at radius 2 is 1.95 bits per heavy atom. The Bertz CT molecular complexity index is 737. The van der Waals surface area contributed by atoms with Crippen LogP contribution in [0.15, 0.2) is 30.5 Å². The van der Waals surface area contributed by atoms with Crippen molar-refractivity contribution in [2.24, 2.45) is 0 Å². The summed E-state index contributed by atoms with van der Waals surface area (Å²) in [5.41, 5.74) is -0.531. The van der Waals surface area contributed by atoms with E-state index in [-0.39, 0.29) is 27.0 Å². The van der Waals surface area contributed by atoms with Crippen LogP contribution < -0.4 is 5.32 Å². The van der Waals surface area contributed by atoms with E-state index in [4.69, 9.17) is 28.3 Å². The summed E-state index contributed by atoms with van der Waals surface area (Å²) in [6, 6.07) is 4.77. The fourth-order valence-electron chi connectivity index (χ4n) is 1.56. The second-order valence-electron chi connectivity index (χ2n) is 3.91. The van der Waals surface area contributed by atoms with Crippen molar-refractivity contribution in [3.8, 4) is 0 Å². The summed E-state index contributed by atoms with van der Waals surface area (Å²) in [4.78, 5) is 26.7. The topological polar surface area (TPSA) is 79.3 Å². The maximum Gasteiger partial charge on any atom is 0.356 e. The number of hydrogen-bond donors (Lipinski definition) is 2. The van der Waals surface area contributed by atoms with Crippen molar-refractivity contribution >= 4 is 40.8 Å². The van der Waals surface area contributed by atoms with Gasteiger partial charge in [0, 0.05) is 6.20 Å². The number of nitrogens with zero attached hydrogens (tertiary/aromatic N) is 1. The summed E-state index contributed by atoms with van der Waals surface area (Å²) < 4.78 is 13.4. The third-order valence-electron chi connectivity index (χ3n) is 2.51. The minimum atomic E-state index is -1.31. The maximum atomic E-state index is 13.4. The number of carboxylic acids is 1. The Balaban J connectivity index is 2.35. The lowest BCUT2D eigenvalue weighted by molar-refractivity contribution is 0.0691. The number of benzene rings is 1. The lowest BCUT2D eigenvalue weighted by Crippen LogP contribution is -2.16. The van der Waals surface area contributed by atoms with Gasteiger partial charge in [0.2, 0.25) is 0 Å². The molecule has 0 unspecified atom stereocenters. The van der Waals surface area contributed by atoms with E-state index in [1.807, 2.05) is 0 Å². The second-order valence-corrected chi connectivity index (χ2v) is 4.72. The van der Waals surface area contributed by atoms with E-state index < -0.39 is 17.7 Å². The summed E-state index contributed by atoms with van der Waals surface area (Å²) in [6.45, 7) is 0. The molecule has 0 atom stereocenters. The first kappa shape index (κ1) is 15.2. The number of rotatable bonds is 3. The van der Waals surface area contributed by atoms with E-state index >= 15 is 0 Å². The number of aromatic carboxylic acids is 1. The van der Waals surface area contributed by atoms with Gasteiger partial charge in [0.05, 0.1) is 21.3 Å². The molecule has 0 aliphatic heterocycles. The van der Waals surface area contributed by atoms with Crippen LogP contribution in [0.4, 0.5) is 10.1 Å². The highest BCUT2D eigenvalue weighted by molar-refractivity contribution is 6.37. The van der Waals surface area contributed by atoms with E-state index in [9.17, 15) is 14.0 Å². The van der Waals surface area contributed by atoms with Gasteiger partial charge in [-0.15, -0.1) is 0 Å². The average Bonchev–Trinajstić information content (AvgIpc) is 2.43. The first-order chi connectivity index (χ1) is 9.90. The van der Waals surface area contributed by atoms with Gasteiger partial charge in [-0.1, -0.05) is 23.2 Å². The summed E-state index contributed by atoms with van der Waals surface area (Å²) in [6.07, 6.45) is 1.27. The standard InChI is InChI=1S/C13H7Cl2FN2O3/c14-7-5-8(15)9(16)4-6(7)12(19)18-10-2-1-3-17-11(10)13(20)21/h1-5H,(H,18,19)(H,20,21). The number of anilines is 1. The first-order valence-corrected chi connectivity index (χ1v) is 6.30. The largest absolute Gasteiger partial charge is 0.476 e. The van der Waals surface area contributed by atoms with Crippen LogP contribution in [0.1, 0.15) is 20.8 Å². The van der Waals surface area contributed by atoms with Gasteiger partial charge in [0.15, 0.2) is 5.69 Å². The van der Waals surface area contributed by atoms with Crippen molar-refractivity contribution in [2.75, 3.05) is 5.32 Å². The highest BCUT2D eigenvalue weighted by atomic mass is 35.5. The van der Waals surface area contributed by atoms with Crippen molar-refractivity contribution in [3.05, 3.63) is 57.6 Å². The molecule has 1 amide bonds. The molecular weight excluding hydrogens is 322 g/mol. The molecule has 1 heterocycles. The molecule has 0 aliphatic carbocycles. The molecule has 2 aromatic rings. The van der Waals surface area contributed by atoms with Gasteiger partial charge in [0.25, 0.3) is 5.91 Å². The van der Waals surface area contributed by atoms with Crippen LogP contribution in [0.3, 0.4) is 0 Å². The summed E-state index contributed by atoms with van der Waals surface area (Å²) in [7, 11) is 0. The number of hydrogen-bond acceptors (Lipinski definition) is 3. The number of amides is 1. The molecule has 21 heavy (non-hydrogen) atoms. The van der Waals surface area contributed by atoms with E-state index in [0.29, 0.717) is 0 Å². The Hall–Kier alpha value is -2.18. The molecule has 108 valence electrons. The zero-order valence-corrected chi connectivity index (χ0v) is 11.7. The number of pyridine rings is 1. The molecular formula is C13H7Cl2FN2O3. The molecule has 0 radical (unpaired) electrons. The maximum absolute atomic E-state index is 13.4. The molecule has 0 aliphatic rings. The highest BCUT2D eigenvalue weighted by Crippen LogP contribution is 2.25. The molecule has 5 nitrogen and oxygen atoms in total. The van der Waals surface area contributed by atoms with Crippen molar-refractivity contribution in [3.63, 3.8) is 0 Å². The molecule has 0 fully saturated rings. The predicted molar refractivity (Wildman–Crippen MR) is 75.6 cm³/mol. The minimum absolute atomic E-state index is 0.0265. The number of nitrogens with one attached hydrogen (secondary N) is 1. The first-order valence-electron chi connectivity index (χ1n) is 5.54. The third-order valence-corrected chi connectivity index (χ3v) is 3.12. The van der Waals surface area contributed by atoms with Gasteiger partial charge in [-0.25, -0.2) is 14.2 Å². The number of halogens is 3. The molecule has 0 spiro atoms. The van der Waals surface area contributed by atoms with Gasteiger partial charge >= 0.3 is 5.97 Å². The van der Waals surface area contributed by atoms with Crippen molar-refractivity contribution < 1.29 is 19.1 Å². The van der Waals surface area contributed by atoms with Gasteiger partial charge in [-0.05, 0) is 24.3 Å². The Labute approximate surface area is 128 Å². The van der Waals surface area contributed by atoms with Crippen LogP contribution in [0.25, 0.3) is 0 Å². The van der Waals surface area contributed by atoms with Crippen molar-refractivity contribution in [1.29, 1.82) is 0 Å². The molecule has 1 aromatic carbocycles. The minimum Gasteiger partial charge on any atom is -0.476 e. The van der Waals surface area contributed by atoms with Crippen LogP contribution in [-0.2, 0) is 0 Å². The average molecular weight is 329 g/mol. The van der Waals surface area contributed by atoms with Crippen molar-refractivity contribution in [2.45, 2.75) is 0 Å². The van der Waals surface area contributed by atoms with Gasteiger partial charge in [-0.2, -0.15) is 0 Å². The van der Waals surface area contributed by atoms with Crippen LogP contribution in [0.5, 0.6) is 0 Å². The molecule has 2 rings (SSSR count). The van der Waals surface area contributed by atoms with Crippen molar-refractivity contribution in [1.82, 2.24) is 4.98 Å². The predicted octanol–water partition coefficient (Wildman–Crippen LogP) is 3.48. The van der Waals surface area contributed by atoms with E-state index in [1.54, 1.807) is 0 Å².